The number of halogens is 2. The summed E-state index contributed by atoms with van der Waals surface area (Å²) in [6.45, 7) is 3.20. The van der Waals surface area contributed by atoms with E-state index in [0.717, 1.165) is 22.2 Å². The first-order chi connectivity index (χ1) is 18.5. The fourth-order valence-electron chi connectivity index (χ4n) is 4.07. The molecule has 0 aliphatic rings. The molecule has 0 unspecified atom stereocenters. The van der Waals surface area contributed by atoms with Gasteiger partial charge in [-0.1, -0.05) is 67.1 Å². The van der Waals surface area contributed by atoms with Crippen molar-refractivity contribution in [3.63, 3.8) is 0 Å². The molecular formula is C29H33ClFN3O4S. The van der Waals surface area contributed by atoms with E-state index in [2.05, 4.69) is 5.32 Å². The first-order valence-electron chi connectivity index (χ1n) is 12.6. The summed E-state index contributed by atoms with van der Waals surface area (Å²) in [7, 11) is -3.97. The molecule has 0 aromatic heterocycles. The minimum atomic E-state index is -3.97. The van der Waals surface area contributed by atoms with Crippen LogP contribution in [0.1, 0.15) is 31.4 Å². The Morgan fingerprint density at radius 2 is 1.64 bits per heavy atom. The Morgan fingerprint density at radius 1 is 0.974 bits per heavy atom. The van der Waals surface area contributed by atoms with Gasteiger partial charge >= 0.3 is 0 Å². The lowest BCUT2D eigenvalue weighted by atomic mass is 10.0. The quantitative estimate of drug-likeness (QED) is 0.337. The number of carbonyl (C=O) groups excluding carboxylic acids is 2. The molecule has 0 spiro atoms. The van der Waals surface area contributed by atoms with Crippen LogP contribution in [-0.4, -0.2) is 50.0 Å². The van der Waals surface area contributed by atoms with Gasteiger partial charge in [-0.3, -0.25) is 13.9 Å². The maximum Gasteiger partial charge on any atom is 0.244 e. The molecule has 3 rings (SSSR count). The van der Waals surface area contributed by atoms with E-state index >= 15 is 0 Å². The fraction of sp³-hybridized carbons (Fsp3) is 0.310. The van der Waals surface area contributed by atoms with Crippen LogP contribution in [0.2, 0.25) is 5.02 Å². The van der Waals surface area contributed by atoms with Gasteiger partial charge < -0.3 is 10.2 Å². The number of carbonyl (C=O) groups is 2. The van der Waals surface area contributed by atoms with E-state index < -0.39 is 34.3 Å². The van der Waals surface area contributed by atoms with Crippen LogP contribution in [0.15, 0.2) is 78.9 Å². The van der Waals surface area contributed by atoms with Gasteiger partial charge in [0.05, 0.1) is 11.9 Å². The number of anilines is 1. The normalized spacial score (nSPS) is 12.8. The number of benzene rings is 3. The van der Waals surface area contributed by atoms with Gasteiger partial charge in [-0.15, -0.1) is 0 Å². The van der Waals surface area contributed by atoms with Gasteiger partial charge in [0.25, 0.3) is 0 Å². The lowest BCUT2D eigenvalue weighted by Gasteiger charge is -2.34. The number of nitrogens with one attached hydrogen (secondary N) is 1. The molecule has 0 fully saturated rings. The van der Waals surface area contributed by atoms with Gasteiger partial charge in [0.15, 0.2) is 0 Å². The van der Waals surface area contributed by atoms with E-state index in [9.17, 15) is 22.4 Å². The predicted octanol–water partition coefficient (Wildman–Crippen LogP) is 4.80. The zero-order chi connectivity index (χ0) is 28.6. The van der Waals surface area contributed by atoms with Crippen molar-refractivity contribution in [1.29, 1.82) is 0 Å². The Balaban J connectivity index is 2.06. The van der Waals surface area contributed by atoms with Crippen molar-refractivity contribution >= 4 is 39.1 Å². The van der Waals surface area contributed by atoms with Crippen molar-refractivity contribution in [3.8, 4) is 0 Å². The third kappa shape index (κ3) is 8.80. The topological polar surface area (TPSA) is 86.8 Å². The number of hydrogen-bond acceptors (Lipinski definition) is 4. The summed E-state index contributed by atoms with van der Waals surface area (Å²) < 4.78 is 40.3. The Kier molecular flexibility index (Phi) is 10.5. The summed E-state index contributed by atoms with van der Waals surface area (Å²) >= 11 is 6.20. The highest BCUT2D eigenvalue weighted by Crippen LogP contribution is 2.22. The smallest absolute Gasteiger partial charge is 0.244 e. The van der Waals surface area contributed by atoms with Crippen molar-refractivity contribution in [3.05, 3.63) is 101 Å². The maximum atomic E-state index is 14.0. The van der Waals surface area contributed by atoms with Crippen LogP contribution in [-0.2, 0) is 32.6 Å². The number of sulfonamides is 1. The highest BCUT2D eigenvalue weighted by atomic mass is 35.5. The second-order valence-corrected chi connectivity index (χ2v) is 11.8. The van der Waals surface area contributed by atoms with Gasteiger partial charge in [0, 0.05) is 24.0 Å². The Labute approximate surface area is 234 Å². The minimum absolute atomic E-state index is 0.00553. The molecule has 2 amide bonds. The van der Waals surface area contributed by atoms with Crippen LogP contribution in [0.5, 0.6) is 0 Å². The largest absolute Gasteiger partial charge is 0.352 e. The Hall–Kier alpha value is -3.43. The van der Waals surface area contributed by atoms with E-state index in [1.807, 2.05) is 44.2 Å². The molecule has 0 aliphatic heterocycles. The van der Waals surface area contributed by atoms with E-state index in [0.29, 0.717) is 17.0 Å². The van der Waals surface area contributed by atoms with Gasteiger partial charge in [0.2, 0.25) is 21.8 Å². The molecule has 0 radical (unpaired) electrons. The lowest BCUT2D eigenvalue weighted by molar-refractivity contribution is -0.140. The molecule has 10 heteroatoms. The molecule has 2 atom stereocenters. The number of rotatable bonds is 12. The van der Waals surface area contributed by atoms with Crippen LogP contribution >= 0.6 is 11.6 Å². The highest BCUT2D eigenvalue weighted by Gasteiger charge is 2.33. The summed E-state index contributed by atoms with van der Waals surface area (Å²) in [5, 5.41) is 3.42. The first-order valence-corrected chi connectivity index (χ1v) is 14.8. The Morgan fingerprint density at radius 3 is 2.26 bits per heavy atom. The van der Waals surface area contributed by atoms with Crippen LogP contribution in [0.3, 0.4) is 0 Å². The van der Waals surface area contributed by atoms with Crippen LogP contribution in [0, 0.1) is 5.82 Å². The van der Waals surface area contributed by atoms with Crippen molar-refractivity contribution < 1.29 is 22.4 Å². The second kappa shape index (κ2) is 13.6. The zero-order valence-electron chi connectivity index (χ0n) is 22.2. The van der Waals surface area contributed by atoms with Crippen LogP contribution in [0.4, 0.5) is 10.1 Å². The molecular weight excluding hydrogens is 541 g/mol. The summed E-state index contributed by atoms with van der Waals surface area (Å²) in [6, 6.07) is 20.1. The molecule has 0 saturated heterocycles. The zero-order valence-corrected chi connectivity index (χ0v) is 23.8. The molecule has 39 heavy (non-hydrogen) atoms. The third-order valence-corrected chi connectivity index (χ3v) is 7.67. The minimum Gasteiger partial charge on any atom is -0.352 e. The molecule has 3 aromatic rings. The molecule has 208 valence electrons. The molecule has 3 aromatic carbocycles. The van der Waals surface area contributed by atoms with E-state index in [1.54, 1.807) is 24.3 Å². The molecule has 1 N–H and O–H groups in total. The third-order valence-electron chi connectivity index (χ3n) is 6.29. The summed E-state index contributed by atoms with van der Waals surface area (Å²) in [5.74, 6) is -1.62. The van der Waals surface area contributed by atoms with Crippen LogP contribution in [0.25, 0.3) is 0 Å². The predicted molar refractivity (Wildman–Crippen MR) is 152 cm³/mol. The van der Waals surface area contributed by atoms with Crippen molar-refractivity contribution in [2.45, 2.75) is 45.3 Å². The van der Waals surface area contributed by atoms with Crippen molar-refractivity contribution in [1.82, 2.24) is 10.2 Å². The average Bonchev–Trinajstić information content (AvgIpc) is 2.89. The lowest BCUT2D eigenvalue weighted by Crippen LogP contribution is -2.54. The summed E-state index contributed by atoms with van der Waals surface area (Å²) in [6.07, 6.45) is 1.84. The fourth-order valence-corrected chi connectivity index (χ4v) is 5.13. The summed E-state index contributed by atoms with van der Waals surface area (Å²) in [5.41, 5.74) is 1.51. The van der Waals surface area contributed by atoms with Crippen LogP contribution < -0.4 is 9.62 Å². The number of amides is 2. The van der Waals surface area contributed by atoms with E-state index in [4.69, 9.17) is 11.6 Å². The second-order valence-electron chi connectivity index (χ2n) is 9.42. The summed E-state index contributed by atoms with van der Waals surface area (Å²) in [4.78, 5) is 28.9. The average molecular weight is 574 g/mol. The molecule has 0 aliphatic carbocycles. The van der Waals surface area contributed by atoms with Crippen molar-refractivity contribution in [2.24, 2.45) is 0 Å². The van der Waals surface area contributed by atoms with E-state index in [1.165, 1.54) is 23.1 Å². The molecule has 0 heterocycles. The molecule has 0 saturated carbocycles. The number of hydrogen-bond donors (Lipinski definition) is 1. The SMILES string of the molecule is CC[C@@H](C)NC(=O)[C@@H](Cc1ccccc1)N(Cc1cccc(Cl)c1)C(=O)CN(c1cccc(F)c1)S(C)(=O)=O. The molecule has 7 nitrogen and oxygen atoms in total. The molecule has 0 bridgehead atoms. The maximum absolute atomic E-state index is 14.0. The van der Waals surface area contributed by atoms with Gasteiger partial charge in [0.1, 0.15) is 18.4 Å². The Bertz CT molecular complexity index is 1390. The van der Waals surface area contributed by atoms with E-state index in [-0.39, 0.29) is 30.6 Å². The van der Waals surface area contributed by atoms with Crippen molar-refractivity contribution in [2.75, 3.05) is 17.1 Å². The standard InChI is InChI=1S/C29H33ClFN3O4S/c1-4-21(2)32-29(36)27(17-22-10-6-5-7-11-22)33(19-23-12-8-13-24(30)16-23)28(35)20-34(39(3,37)38)26-15-9-14-25(31)18-26/h5-16,18,21,27H,4,17,19-20H2,1-3H3,(H,32,36)/t21-,27-/m1/s1. The number of nitrogens with zero attached hydrogens (tertiary/aromatic N) is 2. The highest BCUT2D eigenvalue weighted by molar-refractivity contribution is 7.92. The van der Waals surface area contributed by atoms with Gasteiger partial charge in [-0.25, -0.2) is 12.8 Å². The monoisotopic (exact) mass is 573 g/mol. The van der Waals surface area contributed by atoms with Gasteiger partial charge in [-0.05, 0) is 54.8 Å². The first kappa shape index (κ1) is 30.1. The van der Waals surface area contributed by atoms with Gasteiger partial charge in [-0.2, -0.15) is 0 Å².